The molecule has 0 saturated carbocycles. The van der Waals surface area contributed by atoms with Gasteiger partial charge in [-0.05, 0) is 56.5 Å². The molecule has 0 radical (unpaired) electrons. The average Bonchev–Trinajstić information content (AvgIpc) is 3.19. The number of nitro groups is 1. The summed E-state index contributed by atoms with van der Waals surface area (Å²) >= 11 is 1.63. The Labute approximate surface area is 184 Å². The van der Waals surface area contributed by atoms with Crippen LogP contribution < -0.4 is 14.8 Å². The molecule has 0 aliphatic carbocycles. The van der Waals surface area contributed by atoms with Crippen molar-refractivity contribution in [2.24, 2.45) is 0 Å². The maximum absolute atomic E-state index is 12.7. The van der Waals surface area contributed by atoms with Gasteiger partial charge in [-0.15, -0.1) is 11.3 Å². The smallest absolute Gasteiger partial charge is 0.270 e. The number of nitro benzene ring substituents is 1. The molecule has 9 heteroatoms. The third-order valence-electron chi connectivity index (χ3n) is 4.48. The van der Waals surface area contributed by atoms with Crippen molar-refractivity contribution in [2.75, 3.05) is 13.7 Å². The molecule has 0 aliphatic heterocycles. The molecular formula is C22H23N3O5S. The molecule has 3 aromatic rings. The van der Waals surface area contributed by atoms with Crippen LogP contribution in [-0.4, -0.2) is 29.5 Å². The molecule has 1 N–H and O–H groups in total. The number of nitrogens with one attached hydrogen (secondary N) is 1. The number of nitrogens with zero attached hydrogens (tertiary/aromatic N) is 2. The molecule has 0 bridgehead atoms. The lowest BCUT2D eigenvalue weighted by Gasteiger charge is -2.12. The fourth-order valence-corrected chi connectivity index (χ4v) is 3.70. The van der Waals surface area contributed by atoms with E-state index >= 15 is 0 Å². The van der Waals surface area contributed by atoms with E-state index in [9.17, 15) is 14.9 Å². The van der Waals surface area contributed by atoms with Crippen LogP contribution in [0.15, 0.2) is 47.8 Å². The summed E-state index contributed by atoms with van der Waals surface area (Å²) in [6, 6.07) is 10.8. The summed E-state index contributed by atoms with van der Waals surface area (Å²) in [6.07, 6.45) is 2.52. The number of ether oxygens (including phenoxy) is 2. The minimum Gasteiger partial charge on any atom is -0.497 e. The number of rotatable bonds is 10. The Morgan fingerprint density at radius 2 is 1.90 bits per heavy atom. The van der Waals surface area contributed by atoms with Gasteiger partial charge in [-0.1, -0.05) is 0 Å². The predicted molar refractivity (Wildman–Crippen MR) is 118 cm³/mol. The summed E-state index contributed by atoms with van der Waals surface area (Å²) in [7, 11) is 1.56. The monoisotopic (exact) mass is 441 g/mol. The molecule has 0 unspecified atom stereocenters. The van der Waals surface area contributed by atoms with E-state index in [0.29, 0.717) is 18.0 Å². The van der Waals surface area contributed by atoms with Crippen LogP contribution in [0.25, 0.3) is 0 Å². The molecule has 162 valence electrons. The number of hydrogen-bond acceptors (Lipinski definition) is 7. The van der Waals surface area contributed by atoms with E-state index in [1.54, 1.807) is 42.7 Å². The number of amides is 1. The molecule has 1 amide bonds. The third-order valence-corrected chi connectivity index (χ3v) is 5.50. The molecule has 0 aliphatic rings. The highest BCUT2D eigenvalue weighted by molar-refractivity contribution is 7.09. The molecule has 8 nitrogen and oxygen atoms in total. The van der Waals surface area contributed by atoms with E-state index in [1.807, 2.05) is 12.3 Å². The Bertz CT molecular complexity index is 1050. The molecular weight excluding hydrogens is 418 g/mol. The van der Waals surface area contributed by atoms with Crippen molar-refractivity contribution >= 4 is 22.9 Å². The van der Waals surface area contributed by atoms with Gasteiger partial charge in [0.25, 0.3) is 11.6 Å². The highest BCUT2D eigenvalue weighted by Gasteiger charge is 2.18. The zero-order valence-corrected chi connectivity index (χ0v) is 18.1. The number of unbranched alkanes of at least 4 members (excludes halogenated alkanes) is 1. The van der Waals surface area contributed by atoms with Crippen molar-refractivity contribution in [3.05, 3.63) is 74.2 Å². The topological polar surface area (TPSA) is 104 Å². The predicted octanol–water partition coefficient (Wildman–Crippen LogP) is 4.91. The van der Waals surface area contributed by atoms with Gasteiger partial charge in [0.05, 0.1) is 22.6 Å². The van der Waals surface area contributed by atoms with Crippen LogP contribution in [0, 0.1) is 17.0 Å². The van der Waals surface area contributed by atoms with Crippen molar-refractivity contribution in [1.29, 1.82) is 0 Å². The Morgan fingerprint density at radius 3 is 2.55 bits per heavy atom. The van der Waals surface area contributed by atoms with Gasteiger partial charge in [0.2, 0.25) is 0 Å². The van der Waals surface area contributed by atoms with E-state index in [1.165, 1.54) is 18.2 Å². The standard InChI is InChI=1S/C22H23N3O5S/c1-15-14-31-21(24-15)5-3-4-12-23-22(26)19-13-16(25(27)28)6-11-20(19)30-18-9-7-17(29-2)8-10-18/h6-11,13-14H,3-5,12H2,1-2H3,(H,23,26). The first-order chi connectivity index (χ1) is 15.0. The fraction of sp³-hybridized carbons (Fsp3) is 0.273. The van der Waals surface area contributed by atoms with Crippen LogP contribution in [0.4, 0.5) is 5.69 Å². The summed E-state index contributed by atoms with van der Waals surface area (Å²) < 4.78 is 10.9. The zero-order chi connectivity index (χ0) is 22.2. The molecule has 0 spiro atoms. The van der Waals surface area contributed by atoms with Crippen molar-refractivity contribution in [2.45, 2.75) is 26.2 Å². The van der Waals surface area contributed by atoms with Crippen LogP contribution >= 0.6 is 11.3 Å². The van der Waals surface area contributed by atoms with Crippen LogP contribution in [0.5, 0.6) is 17.2 Å². The van der Waals surface area contributed by atoms with Gasteiger partial charge in [0.1, 0.15) is 17.2 Å². The normalized spacial score (nSPS) is 10.5. The van der Waals surface area contributed by atoms with Crippen molar-refractivity contribution in [3.8, 4) is 17.2 Å². The number of non-ortho nitro benzene ring substituents is 1. The van der Waals surface area contributed by atoms with E-state index in [2.05, 4.69) is 10.3 Å². The summed E-state index contributed by atoms with van der Waals surface area (Å²) in [5, 5.41) is 17.1. The number of methoxy groups -OCH3 is 1. The van der Waals surface area contributed by atoms with Gasteiger partial charge in [0.15, 0.2) is 0 Å². The number of aryl methyl sites for hydroxylation is 2. The maximum Gasteiger partial charge on any atom is 0.270 e. The van der Waals surface area contributed by atoms with Crippen molar-refractivity contribution < 1.29 is 19.2 Å². The maximum atomic E-state index is 12.7. The fourth-order valence-electron chi connectivity index (χ4n) is 2.88. The van der Waals surface area contributed by atoms with E-state index in [0.717, 1.165) is 30.0 Å². The lowest BCUT2D eigenvalue weighted by molar-refractivity contribution is -0.384. The number of benzene rings is 2. The van der Waals surface area contributed by atoms with Crippen molar-refractivity contribution in [1.82, 2.24) is 10.3 Å². The Hall–Kier alpha value is -3.46. The molecule has 0 atom stereocenters. The number of thiazole rings is 1. The lowest BCUT2D eigenvalue weighted by Crippen LogP contribution is -2.25. The van der Waals surface area contributed by atoms with Gasteiger partial charge in [0, 0.05) is 29.8 Å². The first-order valence-corrected chi connectivity index (χ1v) is 10.6. The Kier molecular flexibility index (Phi) is 7.55. The lowest BCUT2D eigenvalue weighted by atomic mass is 10.1. The second-order valence-corrected chi connectivity index (χ2v) is 7.75. The zero-order valence-electron chi connectivity index (χ0n) is 17.3. The first-order valence-electron chi connectivity index (χ1n) is 9.76. The molecule has 3 rings (SSSR count). The number of aromatic nitrogens is 1. The third kappa shape index (κ3) is 6.26. The van der Waals surface area contributed by atoms with E-state index in [4.69, 9.17) is 9.47 Å². The number of carbonyl (C=O) groups excluding carboxylic acids is 1. The largest absolute Gasteiger partial charge is 0.497 e. The van der Waals surface area contributed by atoms with Gasteiger partial charge >= 0.3 is 0 Å². The van der Waals surface area contributed by atoms with Crippen LogP contribution in [0.2, 0.25) is 0 Å². The van der Waals surface area contributed by atoms with Crippen LogP contribution in [0.1, 0.15) is 33.9 Å². The number of carbonyl (C=O) groups is 1. The summed E-state index contributed by atoms with van der Waals surface area (Å²) in [6.45, 7) is 2.42. The molecule has 0 saturated heterocycles. The second kappa shape index (κ2) is 10.5. The SMILES string of the molecule is COc1ccc(Oc2ccc([N+](=O)[O-])cc2C(=O)NCCCCc2nc(C)cs2)cc1. The molecule has 1 heterocycles. The molecule has 1 aromatic heterocycles. The Morgan fingerprint density at radius 1 is 1.16 bits per heavy atom. The van der Waals surface area contributed by atoms with Gasteiger partial charge < -0.3 is 14.8 Å². The summed E-state index contributed by atoms with van der Waals surface area (Å²) in [4.78, 5) is 27.8. The van der Waals surface area contributed by atoms with Crippen LogP contribution in [0.3, 0.4) is 0 Å². The van der Waals surface area contributed by atoms with E-state index < -0.39 is 10.8 Å². The van der Waals surface area contributed by atoms with Gasteiger partial charge in [-0.25, -0.2) is 4.98 Å². The van der Waals surface area contributed by atoms with Gasteiger partial charge in [-0.2, -0.15) is 0 Å². The first kappa shape index (κ1) is 22.2. The highest BCUT2D eigenvalue weighted by atomic mass is 32.1. The molecule has 0 fully saturated rings. The summed E-state index contributed by atoms with van der Waals surface area (Å²) in [5.41, 5.74) is 0.954. The molecule has 2 aromatic carbocycles. The van der Waals surface area contributed by atoms with Crippen LogP contribution in [-0.2, 0) is 6.42 Å². The quantitative estimate of drug-likeness (QED) is 0.272. The Balaban J connectivity index is 1.64. The second-order valence-electron chi connectivity index (χ2n) is 6.81. The number of hydrogen-bond donors (Lipinski definition) is 1. The minimum atomic E-state index is -0.538. The van der Waals surface area contributed by atoms with Crippen molar-refractivity contribution in [3.63, 3.8) is 0 Å². The highest BCUT2D eigenvalue weighted by Crippen LogP contribution is 2.29. The minimum absolute atomic E-state index is 0.112. The average molecular weight is 442 g/mol. The van der Waals surface area contributed by atoms with Gasteiger partial charge in [-0.3, -0.25) is 14.9 Å². The molecule has 31 heavy (non-hydrogen) atoms. The van der Waals surface area contributed by atoms with E-state index in [-0.39, 0.29) is 17.0 Å². The summed E-state index contributed by atoms with van der Waals surface area (Å²) in [5.74, 6) is 0.980.